The van der Waals surface area contributed by atoms with Crippen LogP contribution in [0.2, 0.25) is 0 Å². The molecule has 0 radical (unpaired) electrons. The van der Waals surface area contributed by atoms with Gasteiger partial charge in [0.25, 0.3) is 5.91 Å². The number of aromatic nitrogens is 2. The molecule has 3 rings (SSSR count). The Morgan fingerprint density at radius 1 is 1.24 bits per heavy atom. The molecule has 0 spiro atoms. The van der Waals surface area contributed by atoms with Crippen molar-refractivity contribution < 1.29 is 14.7 Å². The number of carboxylic acid groups (broad SMARTS) is 1. The van der Waals surface area contributed by atoms with E-state index >= 15 is 0 Å². The molecule has 0 aliphatic heterocycles. The zero-order valence-corrected chi connectivity index (χ0v) is 11.4. The summed E-state index contributed by atoms with van der Waals surface area (Å²) >= 11 is 0. The summed E-state index contributed by atoms with van der Waals surface area (Å²) in [4.78, 5) is 33.4. The molecule has 1 heterocycles. The van der Waals surface area contributed by atoms with Crippen LogP contribution < -0.4 is 0 Å². The second kappa shape index (κ2) is 5.47. The third-order valence-electron chi connectivity index (χ3n) is 3.48. The summed E-state index contributed by atoms with van der Waals surface area (Å²) in [5.74, 6) is -1.14. The number of hydrogen-bond donors (Lipinski definition) is 1. The van der Waals surface area contributed by atoms with Gasteiger partial charge in [0.15, 0.2) is 0 Å². The monoisotopic (exact) mass is 285 g/mol. The van der Waals surface area contributed by atoms with Crippen molar-refractivity contribution in [3.8, 4) is 0 Å². The lowest BCUT2D eigenvalue weighted by Crippen LogP contribution is -2.35. The Morgan fingerprint density at radius 3 is 2.62 bits per heavy atom. The van der Waals surface area contributed by atoms with E-state index < -0.39 is 5.97 Å². The van der Waals surface area contributed by atoms with Crippen molar-refractivity contribution in [2.75, 3.05) is 6.54 Å². The Morgan fingerprint density at radius 2 is 1.95 bits per heavy atom. The van der Waals surface area contributed by atoms with Crippen LogP contribution in [0.25, 0.3) is 11.0 Å². The second-order valence-electron chi connectivity index (χ2n) is 5.12. The Bertz CT molecular complexity index is 697. The molecule has 0 saturated heterocycles. The molecule has 0 bridgehead atoms. The molecule has 6 heteroatoms. The predicted octanol–water partition coefficient (Wildman–Crippen LogP) is 1.71. The molecule has 1 aliphatic carbocycles. The van der Waals surface area contributed by atoms with Gasteiger partial charge in [-0.1, -0.05) is 12.1 Å². The highest BCUT2D eigenvalue weighted by molar-refractivity contribution is 5.94. The third kappa shape index (κ3) is 2.99. The van der Waals surface area contributed by atoms with Crippen LogP contribution in [-0.4, -0.2) is 44.4 Å². The molecule has 6 nitrogen and oxygen atoms in total. The van der Waals surface area contributed by atoms with Gasteiger partial charge in [-0.05, 0) is 25.0 Å². The number of carbonyl (C=O) groups is 2. The minimum absolute atomic E-state index is 0.0523. The maximum atomic E-state index is 12.5. The number of carbonyl (C=O) groups excluding carboxylic acids is 1. The number of aliphatic carboxylic acids is 1. The first-order valence-electron chi connectivity index (χ1n) is 6.89. The lowest BCUT2D eigenvalue weighted by Gasteiger charge is -2.21. The molecule has 108 valence electrons. The molecule has 1 aromatic carbocycles. The summed E-state index contributed by atoms with van der Waals surface area (Å²) in [5.41, 5.74) is 1.67. The summed E-state index contributed by atoms with van der Waals surface area (Å²) < 4.78 is 0. The SMILES string of the molecule is O=C(O)CCN(C(=O)c1cnc2ccccc2n1)C1CC1. The fourth-order valence-electron chi connectivity index (χ4n) is 2.26. The molecule has 21 heavy (non-hydrogen) atoms. The maximum Gasteiger partial charge on any atom is 0.305 e. The molecule has 1 aromatic heterocycles. The Labute approximate surface area is 121 Å². The highest BCUT2D eigenvalue weighted by atomic mass is 16.4. The van der Waals surface area contributed by atoms with Gasteiger partial charge in [0.2, 0.25) is 0 Å². The molecule has 1 N–H and O–H groups in total. The van der Waals surface area contributed by atoms with Gasteiger partial charge in [-0.15, -0.1) is 0 Å². The summed E-state index contributed by atoms with van der Waals surface area (Å²) in [6.45, 7) is 0.216. The van der Waals surface area contributed by atoms with Crippen molar-refractivity contribution >= 4 is 22.9 Å². The van der Waals surface area contributed by atoms with E-state index in [2.05, 4.69) is 9.97 Å². The van der Waals surface area contributed by atoms with Crippen molar-refractivity contribution in [3.63, 3.8) is 0 Å². The number of rotatable bonds is 5. The summed E-state index contributed by atoms with van der Waals surface area (Å²) in [5, 5.41) is 8.79. The third-order valence-corrected chi connectivity index (χ3v) is 3.48. The number of benzene rings is 1. The van der Waals surface area contributed by atoms with Gasteiger partial charge in [0.05, 0.1) is 23.7 Å². The van der Waals surface area contributed by atoms with Crippen molar-refractivity contribution in [2.45, 2.75) is 25.3 Å². The molecule has 1 aliphatic rings. The fraction of sp³-hybridized carbons (Fsp3) is 0.333. The molecule has 0 unspecified atom stereocenters. The second-order valence-corrected chi connectivity index (χ2v) is 5.12. The van der Waals surface area contributed by atoms with Crippen LogP contribution in [0.3, 0.4) is 0 Å². The zero-order chi connectivity index (χ0) is 14.8. The number of hydrogen-bond acceptors (Lipinski definition) is 4. The Hall–Kier alpha value is -2.50. The number of nitrogens with zero attached hydrogens (tertiary/aromatic N) is 3. The normalized spacial score (nSPS) is 14.1. The average Bonchev–Trinajstić information content (AvgIpc) is 3.31. The minimum atomic E-state index is -0.905. The number of amides is 1. The molecule has 1 saturated carbocycles. The Kier molecular flexibility index (Phi) is 3.51. The van der Waals surface area contributed by atoms with Crippen molar-refractivity contribution in [3.05, 3.63) is 36.2 Å². The summed E-state index contributed by atoms with van der Waals surface area (Å²) in [6, 6.07) is 7.48. The van der Waals surface area contributed by atoms with E-state index in [1.54, 1.807) is 11.0 Å². The quantitative estimate of drug-likeness (QED) is 0.904. The van der Waals surface area contributed by atoms with Gasteiger partial charge >= 0.3 is 5.97 Å². The average molecular weight is 285 g/mol. The van der Waals surface area contributed by atoms with Crippen LogP contribution in [0.5, 0.6) is 0 Å². The van der Waals surface area contributed by atoms with E-state index in [1.165, 1.54) is 6.20 Å². The van der Waals surface area contributed by atoms with E-state index in [4.69, 9.17) is 5.11 Å². The van der Waals surface area contributed by atoms with Crippen LogP contribution in [0.15, 0.2) is 30.5 Å². The standard InChI is InChI=1S/C15H15N3O3/c19-14(20)7-8-18(10-5-6-10)15(21)13-9-16-11-3-1-2-4-12(11)17-13/h1-4,9-10H,5-8H2,(H,19,20). The highest BCUT2D eigenvalue weighted by Gasteiger charge is 2.33. The lowest BCUT2D eigenvalue weighted by atomic mass is 10.2. The maximum absolute atomic E-state index is 12.5. The van der Waals surface area contributed by atoms with Crippen LogP contribution >= 0.6 is 0 Å². The van der Waals surface area contributed by atoms with Crippen LogP contribution in [-0.2, 0) is 4.79 Å². The smallest absolute Gasteiger partial charge is 0.305 e. The molecule has 0 atom stereocenters. The Balaban J connectivity index is 1.84. The van der Waals surface area contributed by atoms with Gasteiger partial charge in [-0.2, -0.15) is 0 Å². The topological polar surface area (TPSA) is 83.4 Å². The van der Waals surface area contributed by atoms with Gasteiger partial charge in [-0.25, -0.2) is 4.98 Å². The first-order chi connectivity index (χ1) is 10.1. The van der Waals surface area contributed by atoms with Gasteiger partial charge < -0.3 is 10.0 Å². The largest absolute Gasteiger partial charge is 0.481 e. The molecule has 2 aromatic rings. The summed E-state index contributed by atoms with van der Waals surface area (Å²) in [6.07, 6.45) is 3.25. The summed E-state index contributed by atoms with van der Waals surface area (Å²) in [7, 11) is 0. The van der Waals surface area contributed by atoms with E-state index in [9.17, 15) is 9.59 Å². The van der Waals surface area contributed by atoms with Gasteiger partial charge in [0, 0.05) is 12.6 Å². The predicted molar refractivity (Wildman–Crippen MR) is 75.8 cm³/mol. The first kappa shape index (κ1) is 13.5. The van der Waals surface area contributed by atoms with E-state index in [0.717, 1.165) is 18.4 Å². The van der Waals surface area contributed by atoms with Crippen LogP contribution in [0, 0.1) is 0 Å². The van der Waals surface area contributed by atoms with Crippen molar-refractivity contribution in [1.82, 2.24) is 14.9 Å². The molecular weight excluding hydrogens is 270 g/mol. The molecular formula is C15H15N3O3. The fourth-order valence-corrected chi connectivity index (χ4v) is 2.26. The number of fused-ring (bicyclic) bond motifs is 1. The van der Waals surface area contributed by atoms with Crippen molar-refractivity contribution in [2.24, 2.45) is 0 Å². The molecule has 1 amide bonds. The highest BCUT2D eigenvalue weighted by Crippen LogP contribution is 2.28. The van der Waals surface area contributed by atoms with E-state index in [-0.39, 0.29) is 30.6 Å². The van der Waals surface area contributed by atoms with E-state index in [1.807, 2.05) is 18.2 Å². The van der Waals surface area contributed by atoms with Crippen LogP contribution in [0.4, 0.5) is 0 Å². The number of para-hydroxylation sites is 2. The zero-order valence-electron chi connectivity index (χ0n) is 11.4. The first-order valence-corrected chi connectivity index (χ1v) is 6.89. The minimum Gasteiger partial charge on any atom is -0.481 e. The van der Waals surface area contributed by atoms with Crippen LogP contribution in [0.1, 0.15) is 29.8 Å². The van der Waals surface area contributed by atoms with Gasteiger partial charge in [-0.3, -0.25) is 14.6 Å². The number of carboxylic acids is 1. The van der Waals surface area contributed by atoms with E-state index in [0.29, 0.717) is 5.52 Å². The van der Waals surface area contributed by atoms with Crippen molar-refractivity contribution in [1.29, 1.82) is 0 Å². The lowest BCUT2D eigenvalue weighted by molar-refractivity contribution is -0.137. The molecule has 1 fully saturated rings. The van der Waals surface area contributed by atoms with Gasteiger partial charge in [0.1, 0.15) is 5.69 Å².